The molecule has 1 aromatic heterocycles. The molecule has 0 aliphatic rings. The van der Waals surface area contributed by atoms with E-state index in [1.165, 1.54) is 6.07 Å². The molecule has 2 aromatic carbocycles. The van der Waals surface area contributed by atoms with Crippen LogP contribution in [0.5, 0.6) is 0 Å². The van der Waals surface area contributed by atoms with Crippen molar-refractivity contribution in [3.05, 3.63) is 70.6 Å². The van der Waals surface area contributed by atoms with Crippen molar-refractivity contribution in [2.24, 2.45) is 0 Å². The van der Waals surface area contributed by atoms with Gasteiger partial charge in [-0.05, 0) is 41.8 Å². The van der Waals surface area contributed by atoms with Gasteiger partial charge in [0, 0.05) is 28.7 Å². The molecule has 2 N–H and O–H groups in total. The molecule has 0 bridgehead atoms. The number of nitrogens with one attached hydrogen (secondary N) is 2. The number of benzene rings is 2. The number of aromatic nitrogens is 1. The van der Waals surface area contributed by atoms with Crippen molar-refractivity contribution >= 4 is 28.4 Å². The predicted molar refractivity (Wildman–Crippen MR) is 90.1 cm³/mol. The van der Waals surface area contributed by atoms with Crippen molar-refractivity contribution < 1.29 is 9.18 Å². The summed E-state index contributed by atoms with van der Waals surface area (Å²) in [4.78, 5) is 15.1. The Kier molecular flexibility index (Phi) is 4.63. The molecule has 0 radical (unpaired) electrons. The van der Waals surface area contributed by atoms with Gasteiger partial charge in [0.05, 0.1) is 6.42 Å². The number of hydrogen-bond acceptors (Lipinski definition) is 1. The van der Waals surface area contributed by atoms with Gasteiger partial charge in [-0.3, -0.25) is 4.79 Å². The summed E-state index contributed by atoms with van der Waals surface area (Å²) in [6.45, 7) is 0.493. The molecule has 1 amide bonds. The molecule has 0 unspecified atom stereocenters. The van der Waals surface area contributed by atoms with Crippen LogP contribution in [0.2, 0.25) is 5.02 Å². The predicted octanol–water partition coefficient (Wildman–Crippen LogP) is 3.86. The van der Waals surface area contributed by atoms with E-state index in [9.17, 15) is 9.18 Å². The van der Waals surface area contributed by atoms with Crippen LogP contribution in [0.4, 0.5) is 4.39 Å². The summed E-state index contributed by atoms with van der Waals surface area (Å²) in [6.07, 6.45) is 2.65. The lowest BCUT2D eigenvalue weighted by molar-refractivity contribution is -0.120. The Balaban J connectivity index is 1.57. The molecular formula is C18H16ClFN2O. The summed E-state index contributed by atoms with van der Waals surface area (Å²) in [5.41, 5.74) is 2.51. The maximum absolute atomic E-state index is 13.5. The fraction of sp³-hybridized carbons (Fsp3) is 0.167. The largest absolute Gasteiger partial charge is 0.361 e. The molecule has 0 saturated carbocycles. The Bertz CT molecular complexity index is 844. The topological polar surface area (TPSA) is 44.9 Å². The van der Waals surface area contributed by atoms with E-state index in [1.807, 2.05) is 24.4 Å². The van der Waals surface area contributed by atoms with Crippen LogP contribution in [0.1, 0.15) is 11.1 Å². The molecule has 0 aliphatic heterocycles. The van der Waals surface area contributed by atoms with E-state index < -0.39 is 0 Å². The quantitative estimate of drug-likeness (QED) is 0.733. The molecule has 0 saturated heterocycles. The van der Waals surface area contributed by atoms with E-state index in [-0.39, 0.29) is 18.1 Å². The Morgan fingerprint density at radius 2 is 2.00 bits per heavy atom. The van der Waals surface area contributed by atoms with Crippen LogP contribution < -0.4 is 5.32 Å². The molecular weight excluding hydrogens is 315 g/mol. The second-order valence-electron chi connectivity index (χ2n) is 5.37. The fourth-order valence-corrected chi connectivity index (χ4v) is 2.74. The minimum atomic E-state index is -0.353. The highest BCUT2D eigenvalue weighted by Gasteiger charge is 2.08. The summed E-state index contributed by atoms with van der Waals surface area (Å²) in [6, 6.07) is 12.0. The third kappa shape index (κ3) is 3.71. The number of aromatic amines is 1. The van der Waals surface area contributed by atoms with Crippen LogP contribution in [-0.4, -0.2) is 17.4 Å². The third-order valence-electron chi connectivity index (χ3n) is 3.75. The number of fused-ring (bicyclic) bond motifs is 1. The summed E-state index contributed by atoms with van der Waals surface area (Å²) >= 11 is 6.02. The Labute approximate surface area is 138 Å². The van der Waals surface area contributed by atoms with Crippen LogP contribution in [0, 0.1) is 5.82 Å². The number of hydrogen-bond donors (Lipinski definition) is 2. The maximum atomic E-state index is 13.5. The van der Waals surface area contributed by atoms with Crippen molar-refractivity contribution in [3.63, 3.8) is 0 Å². The molecule has 3 rings (SSSR count). The first kappa shape index (κ1) is 15.6. The van der Waals surface area contributed by atoms with E-state index in [0.29, 0.717) is 23.6 Å². The van der Waals surface area contributed by atoms with E-state index in [0.717, 1.165) is 16.5 Å². The minimum Gasteiger partial charge on any atom is -0.361 e. The van der Waals surface area contributed by atoms with Crippen LogP contribution >= 0.6 is 11.6 Å². The fourth-order valence-electron chi connectivity index (χ4n) is 2.57. The molecule has 3 aromatic rings. The SMILES string of the molecule is O=C(Cc1ccccc1F)NCCc1c[nH]c2ccc(Cl)cc12. The van der Waals surface area contributed by atoms with Gasteiger partial charge in [0.15, 0.2) is 0 Å². The van der Waals surface area contributed by atoms with E-state index in [1.54, 1.807) is 18.2 Å². The number of H-pyrrole nitrogens is 1. The van der Waals surface area contributed by atoms with Crippen molar-refractivity contribution in [2.45, 2.75) is 12.8 Å². The van der Waals surface area contributed by atoms with Crippen molar-refractivity contribution in [2.75, 3.05) is 6.54 Å². The first-order valence-electron chi connectivity index (χ1n) is 7.39. The Morgan fingerprint density at radius 1 is 1.17 bits per heavy atom. The van der Waals surface area contributed by atoms with Gasteiger partial charge >= 0.3 is 0 Å². The second kappa shape index (κ2) is 6.84. The number of carbonyl (C=O) groups excluding carboxylic acids is 1. The van der Waals surface area contributed by atoms with Gasteiger partial charge in [-0.2, -0.15) is 0 Å². The van der Waals surface area contributed by atoms with Gasteiger partial charge in [-0.25, -0.2) is 4.39 Å². The average Bonchev–Trinajstić information content (AvgIpc) is 2.92. The molecule has 0 atom stereocenters. The smallest absolute Gasteiger partial charge is 0.224 e. The highest BCUT2D eigenvalue weighted by molar-refractivity contribution is 6.31. The van der Waals surface area contributed by atoms with Crippen LogP contribution in [0.25, 0.3) is 10.9 Å². The standard InChI is InChI=1S/C18H16ClFN2O/c19-14-5-6-17-15(10-14)13(11-22-17)7-8-21-18(23)9-12-3-1-2-4-16(12)20/h1-6,10-11,22H,7-9H2,(H,21,23). The van der Waals surface area contributed by atoms with Crippen molar-refractivity contribution in [1.82, 2.24) is 10.3 Å². The zero-order valence-corrected chi connectivity index (χ0v) is 13.2. The molecule has 1 heterocycles. The lowest BCUT2D eigenvalue weighted by atomic mass is 10.1. The summed E-state index contributed by atoms with van der Waals surface area (Å²) in [5.74, 6) is -0.540. The highest BCUT2D eigenvalue weighted by Crippen LogP contribution is 2.22. The molecule has 5 heteroatoms. The molecule has 0 fully saturated rings. The monoisotopic (exact) mass is 330 g/mol. The zero-order chi connectivity index (χ0) is 16.2. The Hall–Kier alpha value is -2.33. The third-order valence-corrected chi connectivity index (χ3v) is 3.99. The summed E-state index contributed by atoms with van der Waals surface area (Å²) in [7, 11) is 0. The van der Waals surface area contributed by atoms with Gasteiger partial charge in [0.1, 0.15) is 5.82 Å². The minimum absolute atomic E-state index is 0.0480. The molecule has 0 aliphatic carbocycles. The van der Waals surface area contributed by atoms with Gasteiger partial charge in [0.2, 0.25) is 5.91 Å². The van der Waals surface area contributed by atoms with E-state index in [4.69, 9.17) is 11.6 Å². The van der Waals surface area contributed by atoms with Crippen LogP contribution in [0.3, 0.4) is 0 Å². The van der Waals surface area contributed by atoms with Crippen molar-refractivity contribution in [3.8, 4) is 0 Å². The van der Waals surface area contributed by atoms with Gasteiger partial charge in [-0.1, -0.05) is 29.8 Å². The first-order chi connectivity index (χ1) is 11.1. The average molecular weight is 331 g/mol. The van der Waals surface area contributed by atoms with Crippen LogP contribution in [0.15, 0.2) is 48.7 Å². The summed E-state index contributed by atoms with van der Waals surface area (Å²) in [5, 5.41) is 4.56. The van der Waals surface area contributed by atoms with Crippen LogP contribution in [-0.2, 0) is 17.6 Å². The normalized spacial score (nSPS) is 10.9. The molecule has 23 heavy (non-hydrogen) atoms. The van der Waals surface area contributed by atoms with Gasteiger partial charge < -0.3 is 10.3 Å². The number of amides is 1. The van der Waals surface area contributed by atoms with E-state index in [2.05, 4.69) is 10.3 Å². The number of rotatable bonds is 5. The Morgan fingerprint density at radius 3 is 2.83 bits per heavy atom. The molecule has 0 spiro atoms. The lowest BCUT2D eigenvalue weighted by Crippen LogP contribution is -2.27. The first-order valence-corrected chi connectivity index (χ1v) is 7.77. The molecule has 118 valence electrons. The molecule has 3 nitrogen and oxygen atoms in total. The highest BCUT2D eigenvalue weighted by atomic mass is 35.5. The number of halogens is 2. The van der Waals surface area contributed by atoms with E-state index >= 15 is 0 Å². The second-order valence-corrected chi connectivity index (χ2v) is 5.81. The lowest BCUT2D eigenvalue weighted by Gasteiger charge is -2.06. The maximum Gasteiger partial charge on any atom is 0.224 e. The van der Waals surface area contributed by atoms with Crippen molar-refractivity contribution in [1.29, 1.82) is 0 Å². The number of carbonyl (C=O) groups is 1. The van der Waals surface area contributed by atoms with Gasteiger partial charge in [-0.15, -0.1) is 0 Å². The zero-order valence-electron chi connectivity index (χ0n) is 12.4. The summed E-state index contributed by atoms with van der Waals surface area (Å²) < 4.78 is 13.5. The van der Waals surface area contributed by atoms with Gasteiger partial charge in [0.25, 0.3) is 0 Å².